The fraction of sp³-hybridized carbons (Fsp3) is 0.231. The standard InChI is InChI=1S/C13H10Cl2N2O2S/c1-19-10-9(14)12(15)20-11(10)13(18)17-6-4-7-8(17)3-2-5-16-7/h2-3,5H,4,6H2,1H3. The van der Waals surface area contributed by atoms with Crippen LogP contribution in [0, 0.1) is 0 Å². The van der Waals surface area contributed by atoms with Gasteiger partial charge in [-0.05, 0) is 12.1 Å². The van der Waals surface area contributed by atoms with E-state index in [0.717, 1.165) is 29.1 Å². The number of pyridine rings is 1. The number of carbonyl (C=O) groups is 1. The smallest absolute Gasteiger partial charge is 0.272 e. The number of ether oxygens (including phenoxy) is 1. The number of hydrogen-bond donors (Lipinski definition) is 0. The van der Waals surface area contributed by atoms with Crippen molar-refractivity contribution in [3.63, 3.8) is 0 Å². The lowest BCUT2D eigenvalue weighted by molar-refractivity contribution is 0.0990. The molecule has 0 fully saturated rings. The van der Waals surface area contributed by atoms with Crippen molar-refractivity contribution >= 4 is 46.1 Å². The molecule has 0 saturated heterocycles. The van der Waals surface area contributed by atoms with Crippen LogP contribution < -0.4 is 9.64 Å². The van der Waals surface area contributed by atoms with Crippen molar-refractivity contribution in [1.82, 2.24) is 4.98 Å². The van der Waals surface area contributed by atoms with Crippen LogP contribution in [0.1, 0.15) is 15.4 Å². The molecule has 1 aliphatic heterocycles. The maximum absolute atomic E-state index is 12.7. The first-order valence-corrected chi connectivity index (χ1v) is 7.48. The van der Waals surface area contributed by atoms with Gasteiger partial charge in [-0.2, -0.15) is 0 Å². The molecule has 0 N–H and O–H groups in total. The Balaban J connectivity index is 2.01. The Labute approximate surface area is 129 Å². The van der Waals surface area contributed by atoms with Gasteiger partial charge in [-0.25, -0.2) is 0 Å². The number of carbonyl (C=O) groups excluding carboxylic acids is 1. The van der Waals surface area contributed by atoms with E-state index in [1.54, 1.807) is 11.1 Å². The zero-order valence-electron chi connectivity index (χ0n) is 10.5. The average molecular weight is 329 g/mol. The number of fused-ring (bicyclic) bond motifs is 1. The minimum Gasteiger partial charge on any atom is -0.493 e. The summed E-state index contributed by atoms with van der Waals surface area (Å²) in [7, 11) is 1.47. The maximum Gasteiger partial charge on any atom is 0.272 e. The fourth-order valence-corrected chi connectivity index (χ4v) is 3.73. The van der Waals surface area contributed by atoms with Crippen LogP contribution in [0.2, 0.25) is 9.36 Å². The second-order valence-corrected chi connectivity index (χ2v) is 6.23. The van der Waals surface area contributed by atoms with Crippen LogP contribution >= 0.6 is 34.5 Å². The van der Waals surface area contributed by atoms with Crippen molar-refractivity contribution in [1.29, 1.82) is 0 Å². The van der Waals surface area contributed by atoms with Gasteiger partial charge in [0.2, 0.25) is 0 Å². The zero-order valence-corrected chi connectivity index (χ0v) is 12.8. The Morgan fingerprint density at radius 2 is 2.30 bits per heavy atom. The normalized spacial score (nSPS) is 13.4. The highest BCUT2D eigenvalue weighted by Gasteiger charge is 2.31. The van der Waals surface area contributed by atoms with Gasteiger partial charge < -0.3 is 9.64 Å². The molecule has 4 nitrogen and oxygen atoms in total. The third-order valence-electron chi connectivity index (χ3n) is 3.14. The first-order chi connectivity index (χ1) is 9.63. The van der Waals surface area contributed by atoms with Gasteiger partial charge >= 0.3 is 0 Å². The van der Waals surface area contributed by atoms with Crippen molar-refractivity contribution < 1.29 is 9.53 Å². The van der Waals surface area contributed by atoms with E-state index >= 15 is 0 Å². The summed E-state index contributed by atoms with van der Waals surface area (Å²) in [5.41, 5.74) is 1.76. The van der Waals surface area contributed by atoms with Crippen molar-refractivity contribution in [2.75, 3.05) is 18.6 Å². The third-order valence-corrected chi connectivity index (χ3v) is 5.08. The third kappa shape index (κ3) is 2.06. The number of hydrogen-bond acceptors (Lipinski definition) is 4. The number of nitrogens with zero attached hydrogens (tertiary/aromatic N) is 2. The van der Waals surface area contributed by atoms with E-state index in [-0.39, 0.29) is 10.9 Å². The van der Waals surface area contributed by atoms with Crippen LogP contribution in [-0.2, 0) is 6.42 Å². The number of anilines is 1. The first-order valence-electron chi connectivity index (χ1n) is 5.91. The van der Waals surface area contributed by atoms with Gasteiger partial charge in [0.25, 0.3) is 5.91 Å². The van der Waals surface area contributed by atoms with Crippen molar-refractivity contribution in [2.24, 2.45) is 0 Å². The summed E-state index contributed by atoms with van der Waals surface area (Å²) in [5.74, 6) is 0.177. The van der Waals surface area contributed by atoms with E-state index in [9.17, 15) is 4.79 Å². The molecule has 104 valence electrons. The number of amides is 1. The fourth-order valence-electron chi connectivity index (χ4n) is 2.23. The number of methoxy groups -OCH3 is 1. The van der Waals surface area contributed by atoms with E-state index < -0.39 is 0 Å². The Hall–Kier alpha value is -1.30. The second kappa shape index (κ2) is 5.24. The predicted octanol–water partition coefficient (Wildman–Crippen LogP) is 3.66. The molecule has 1 amide bonds. The molecular weight excluding hydrogens is 319 g/mol. The highest BCUT2D eigenvalue weighted by molar-refractivity contribution is 7.19. The summed E-state index contributed by atoms with van der Waals surface area (Å²) >= 11 is 13.2. The van der Waals surface area contributed by atoms with E-state index in [4.69, 9.17) is 27.9 Å². The molecule has 2 aromatic rings. The quantitative estimate of drug-likeness (QED) is 0.844. The molecule has 0 radical (unpaired) electrons. The van der Waals surface area contributed by atoms with Gasteiger partial charge in [-0.1, -0.05) is 23.2 Å². The second-order valence-electron chi connectivity index (χ2n) is 4.23. The molecule has 0 atom stereocenters. The van der Waals surface area contributed by atoms with Gasteiger partial charge in [0, 0.05) is 19.2 Å². The molecule has 0 bridgehead atoms. The van der Waals surface area contributed by atoms with Crippen LogP contribution in [0.5, 0.6) is 5.75 Å². The molecule has 0 aliphatic carbocycles. The molecular formula is C13H10Cl2N2O2S. The van der Waals surface area contributed by atoms with E-state index in [0.29, 0.717) is 21.5 Å². The van der Waals surface area contributed by atoms with Gasteiger partial charge in [0.1, 0.15) is 14.2 Å². The van der Waals surface area contributed by atoms with Crippen molar-refractivity contribution in [3.05, 3.63) is 38.3 Å². The molecule has 20 heavy (non-hydrogen) atoms. The van der Waals surface area contributed by atoms with Crippen molar-refractivity contribution in [3.8, 4) is 5.75 Å². The van der Waals surface area contributed by atoms with E-state index in [2.05, 4.69) is 4.98 Å². The van der Waals surface area contributed by atoms with Gasteiger partial charge in [-0.15, -0.1) is 11.3 Å². The van der Waals surface area contributed by atoms with Crippen LogP contribution in [0.15, 0.2) is 18.3 Å². The molecule has 0 saturated carbocycles. The number of halogens is 2. The minimum absolute atomic E-state index is 0.160. The monoisotopic (exact) mass is 328 g/mol. The lowest BCUT2D eigenvalue weighted by Gasteiger charge is -2.16. The van der Waals surface area contributed by atoms with Gasteiger partial charge in [0.05, 0.1) is 18.5 Å². The number of aromatic nitrogens is 1. The van der Waals surface area contributed by atoms with Crippen molar-refractivity contribution in [2.45, 2.75) is 6.42 Å². The summed E-state index contributed by atoms with van der Waals surface area (Å²) in [6, 6.07) is 3.70. The highest BCUT2D eigenvalue weighted by atomic mass is 35.5. The summed E-state index contributed by atoms with van der Waals surface area (Å²) in [4.78, 5) is 19.0. The molecule has 2 aromatic heterocycles. The number of rotatable bonds is 2. The molecule has 1 aliphatic rings. The molecule has 3 rings (SSSR count). The van der Waals surface area contributed by atoms with Gasteiger partial charge in [-0.3, -0.25) is 9.78 Å². The Morgan fingerprint density at radius 1 is 1.50 bits per heavy atom. The topological polar surface area (TPSA) is 42.4 Å². The Kier molecular flexibility index (Phi) is 3.58. The summed E-state index contributed by atoms with van der Waals surface area (Å²) in [6.45, 7) is 0.599. The van der Waals surface area contributed by atoms with Crippen LogP contribution in [0.3, 0.4) is 0 Å². The Bertz CT molecular complexity index is 687. The molecule has 7 heteroatoms. The van der Waals surface area contributed by atoms with E-state index in [1.165, 1.54) is 7.11 Å². The van der Waals surface area contributed by atoms with Crippen LogP contribution in [0.25, 0.3) is 0 Å². The average Bonchev–Trinajstić information content (AvgIpc) is 3.00. The summed E-state index contributed by atoms with van der Waals surface area (Å²) < 4.78 is 5.56. The lowest BCUT2D eigenvalue weighted by Crippen LogP contribution is -2.28. The Morgan fingerprint density at radius 3 is 3.05 bits per heavy atom. The predicted molar refractivity (Wildman–Crippen MR) is 80.5 cm³/mol. The minimum atomic E-state index is -0.160. The van der Waals surface area contributed by atoms with Gasteiger partial charge in [0.15, 0.2) is 5.75 Å². The molecule has 3 heterocycles. The summed E-state index contributed by atoms with van der Waals surface area (Å²) in [6.07, 6.45) is 2.48. The molecule has 0 spiro atoms. The van der Waals surface area contributed by atoms with E-state index in [1.807, 2.05) is 12.1 Å². The van der Waals surface area contributed by atoms with Crippen LogP contribution in [0.4, 0.5) is 5.69 Å². The largest absolute Gasteiger partial charge is 0.493 e. The maximum atomic E-state index is 12.7. The molecule has 0 unspecified atom stereocenters. The molecule has 0 aromatic carbocycles. The number of thiophene rings is 1. The highest BCUT2D eigenvalue weighted by Crippen LogP contribution is 2.44. The lowest BCUT2D eigenvalue weighted by atomic mass is 10.3. The first kappa shape index (κ1) is 13.7. The summed E-state index contributed by atoms with van der Waals surface area (Å²) in [5, 5.41) is 0.285. The SMILES string of the molecule is COc1c(C(=O)N2CCc3ncccc32)sc(Cl)c1Cl. The zero-order chi connectivity index (χ0) is 14.3. The van der Waals surface area contributed by atoms with Crippen LogP contribution in [-0.4, -0.2) is 24.5 Å².